The number of nitriles is 1. The largest absolute Gasteiger partial charge is 0.394 e. The summed E-state index contributed by atoms with van der Waals surface area (Å²) in [6.45, 7) is -0.496. The first-order valence-electron chi connectivity index (χ1n) is 5.74. The number of aromatic nitrogens is 3. The Kier molecular flexibility index (Phi) is 3.96. The van der Waals surface area contributed by atoms with Gasteiger partial charge in [-0.05, 0) is 0 Å². The average molecular weight is 283 g/mol. The zero-order valence-electron chi connectivity index (χ0n) is 10.2. The molecule has 1 aliphatic rings. The molecule has 1 aromatic rings. The molecule has 2 rings (SSSR count). The minimum atomic E-state index is -1.38. The number of primary amides is 1. The first-order chi connectivity index (χ1) is 9.49. The van der Waals surface area contributed by atoms with Crippen LogP contribution in [-0.4, -0.2) is 61.1 Å². The van der Waals surface area contributed by atoms with E-state index in [1.807, 2.05) is 0 Å². The van der Waals surface area contributed by atoms with Gasteiger partial charge in [-0.25, -0.2) is 0 Å². The van der Waals surface area contributed by atoms with E-state index in [4.69, 9.17) is 20.8 Å². The number of rotatable bonds is 4. The van der Waals surface area contributed by atoms with Crippen molar-refractivity contribution in [3.05, 3.63) is 11.4 Å². The molecule has 1 aliphatic heterocycles. The SMILES string of the molecule is N#CCc1nn([C@@H]2O[C@H](CO)[C@@H](O)[C@H]2O)nc1C(N)=O. The lowest BCUT2D eigenvalue weighted by atomic mass is 10.1. The predicted octanol–water partition coefficient (Wildman–Crippen LogP) is -2.95. The van der Waals surface area contributed by atoms with Crippen LogP contribution in [0.15, 0.2) is 0 Å². The number of hydrogen-bond donors (Lipinski definition) is 4. The summed E-state index contributed by atoms with van der Waals surface area (Å²) in [4.78, 5) is 12.1. The maximum absolute atomic E-state index is 11.2. The first-order valence-corrected chi connectivity index (χ1v) is 5.74. The second-order valence-corrected chi connectivity index (χ2v) is 4.24. The Balaban J connectivity index is 2.32. The van der Waals surface area contributed by atoms with Crippen molar-refractivity contribution >= 4 is 5.91 Å². The lowest BCUT2D eigenvalue weighted by Crippen LogP contribution is -2.33. The Morgan fingerprint density at radius 3 is 2.65 bits per heavy atom. The van der Waals surface area contributed by atoms with Gasteiger partial charge in [0.05, 0.1) is 19.1 Å². The second-order valence-electron chi connectivity index (χ2n) is 4.24. The molecule has 5 N–H and O–H groups in total. The van der Waals surface area contributed by atoms with Crippen LogP contribution in [0.5, 0.6) is 0 Å². The number of aliphatic hydroxyl groups is 3. The van der Waals surface area contributed by atoms with E-state index in [0.29, 0.717) is 0 Å². The van der Waals surface area contributed by atoms with Crippen molar-refractivity contribution in [3.8, 4) is 6.07 Å². The van der Waals surface area contributed by atoms with Crippen LogP contribution < -0.4 is 5.73 Å². The van der Waals surface area contributed by atoms with Crippen LogP contribution in [0.25, 0.3) is 0 Å². The second kappa shape index (κ2) is 5.51. The van der Waals surface area contributed by atoms with Crippen molar-refractivity contribution in [1.82, 2.24) is 15.0 Å². The van der Waals surface area contributed by atoms with Gasteiger partial charge >= 0.3 is 0 Å². The Morgan fingerprint density at radius 1 is 1.45 bits per heavy atom. The van der Waals surface area contributed by atoms with Gasteiger partial charge in [-0.3, -0.25) is 4.79 Å². The van der Waals surface area contributed by atoms with Gasteiger partial charge in [0.1, 0.15) is 24.0 Å². The summed E-state index contributed by atoms with van der Waals surface area (Å²) >= 11 is 0. The summed E-state index contributed by atoms with van der Waals surface area (Å²) in [7, 11) is 0. The van der Waals surface area contributed by atoms with Crippen LogP contribution >= 0.6 is 0 Å². The number of nitrogens with zero attached hydrogens (tertiary/aromatic N) is 4. The molecule has 0 bridgehead atoms. The number of hydrogen-bond acceptors (Lipinski definition) is 8. The molecular formula is C10H13N5O5. The molecule has 4 atom stereocenters. The lowest BCUT2D eigenvalue weighted by molar-refractivity contribution is -0.0657. The monoisotopic (exact) mass is 283 g/mol. The van der Waals surface area contributed by atoms with Crippen molar-refractivity contribution in [1.29, 1.82) is 5.26 Å². The highest BCUT2D eigenvalue weighted by Gasteiger charge is 2.44. The van der Waals surface area contributed by atoms with E-state index >= 15 is 0 Å². The molecule has 0 aliphatic carbocycles. The molecule has 0 unspecified atom stereocenters. The van der Waals surface area contributed by atoms with Crippen molar-refractivity contribution < 1.29 is 24.9 Å². The van der Waals surface area contributed by atoms with Gasteiger partial charge in [0, 0.05) is 0 Å². The van der Waals surface area contributed by atoms with Crippen LogP contribution in [-0.2, 0) is 11.2 Å². The number of carbonyl (C=O) groups is 1. The molecule has 1 amide bonds. The summed E-state index contributed by atoms with van der Waals surface area (Å²) in [5.41, 5.74) is 4.96. The van der Waals surface area contributed by atoms with Crippen LogP contribution in [0, 0.1) is 11.3 Å². The van der Waals surface area contributed by atoms with Crippen LogP contribution in [0.1, 0.15) is 22.4 Å². The molecule has 0 spiro atoms. The van der Waals surface area contributed by atoms with E-state index in [1.165, 1.54) is 0 Å². The third-order valence-electron chi connectivity index (χ3n) is 2.92. The highest BCUT2D eigenvalue weighted by Crippen LogP contribution is 2.28. The standard InChI is InChI=1S/C10H13N5O5/c11-2-1-4-6(9(12)19)14-15(13-4)10-8(18)7(17)5(3-16)20-10/h5,7-8,10,16-18H,1,3H2,(H2,12,19)/t5-,7-,8-,10-/m1/s1. The van der Waals surface area contributed by atoms with Gasteiger partial charge in [-0.1, -0.05) is 0 Å². The molecule has 0 radical (unpaired) electrons. The number of ether oxygens (including phenoxy) is 1. The van der Waals surface area contributed by atoms with E-state index in [1.54, 1.807) is 6.07 Å². The fraction of sp³-hybridized carbons (Fsp3) is 0.600. The molecular weight excluding hydrogens is 270 g/mol. The van der Waals surface area contributed by atoms with E-state index in [9.17, 15) is 15.0 Å². The average Bonchev–Trinajstić information content (AvgIpc) is 2.94. The van der Waals surface area contributed by atoms with Crippen molar-refractivity contribution in [2.45, 2.75) is 31.0 Å². The minimum Gasteiger partial charge on any atom is -0.394 e. The molecule has 0 saturated carbocycles. The smallest absolute Gasteiger partial charge is 0.271 e. The summed E-state index contributed by atoms with van der Waals surface area (Å²) in [5.74, 6) is -0.867. The summed E-state index contributed by atoms with van der Waals surface area (Å²) in [6.07, 6.45) is -5.04. The van der Waals surface area contributed by atoms with E-state index in [0.717, 1.165) is 4.80 Å². The number of amides is 1. The molecule has 20 heavy (non-hydrogen) atoms. The molecule has 10 nitrogen and oxygen atoms in total. The van der Waals surface area contributed by atoms with Gasteiger partial charge in [0.25, 0.3) is 5.91 Å². The Morgan fingerprint density at radius 2 is 2.15 bits per heavy atom. The van der Waals surface area contributed by atoms with Crippen molar-refractivity contribution in [3.63, 3.8) is 0 Å². The Labute approximate surface area is 113 Å². The predicted molar refractivity (Wildman–Crippen MR) is 60.9 cm³/mol. The highest BCUT2D eigenvalue weighted by atomic mass is 16.6. The topological polar surface area (TPSA) is 168 Å². The van der Waals surface area contributed by atoms with Crippen molar-refractivity contribution in [2.75, 3.05) is 6.61 Å². The van der Waals surface area contributed by atoms with Crippen LogP contribution in [0.4, 0.5) is 0 Å². The number of carbonyl (C=O) groups excluding carboxylic acids is 1. The first kappa shape index (κ1) is 14.4. The van der Waals surface area contributed by atoms with E-state index in [2.05, 4.69) is 10.2 Å². The summed E-state index contributed by atoms with van der Waals surface area (Å²) in [6, 6.07) is 1.81. The van der Waals surface area contributed by atoms with Crippen molar-refractivity contribution in [2.24, 2.45) is 5.73 Å². The molecule has 1 aromatic heterocycles. The molecule has 108 valence electrons. The maximum Gasteiger partial charge on any atom is 0.271 e. The van der Waals surface area contributed by atoms with Gasteiger partial charge in [0.15, 0.2) is 11.9 Å². The van der Waals surface area contributed by atoms with E-state index < -0.39 is 37.1 Å². The summed E-state index contributed by atoms with van der Waals surface area (Å²) < 4.78 is 5.20. The van der Waals surface area contributed by atoms with Gasteiger partial charge < -0.3 is 25.8 Å². The molecule has 1 saturated heterocycles. The zero-order valence-corrected chi connectivity index (χ0v) is 10.2. The fourth-order valence-electron chi connectivity index (χ4n) is 1.92. The number of nitrogens with two attached hydrogens (primary N) is 1. The van der Waals surface area contributed by atoms with Crippen LogP contribution in [0.2, 0.25) is 0 Å². The minimum absolute atomic E-state index is 0.0535. The Bertz CT molecular complexity index is 553. The Hall–Kier alpha value is -2.06. The van der Waals surface area contributed by atoms with Gasteiger partial charge in [-0.2, -0.15) is 15.2 Å². The summed E-state index contributed by atoms with van der Waals surface area (Å²) in [5, 5.41) is 44.7. The molecule has 10 heteroatoms. The molecule has 2 heterocycles. The molecule has 1 fully saturated rings. The zero-order chi connectivity index (χ0) is 14.9. The highest BCUT2D eigenvalue weighted by molar-refractivity contribution is 5.91. The fourth-order valence-corrected chi connectivity index (χ4v) is 1.92. The third-order valence-corrected chi connectivity index (χ3v) is 2.92. The maximum atomic E-state index is 11.2. The van der Waals surface area contributed by atoms with Gasteiger partial charge in [-0.15, -0.1) is 5.10 Å². The van der Waals surface area contributed by atoms with E-state index in [-0.39, 0.29) is 17.8 Å². The normalized spacial score (nSPS) is 29.3. The third kappa shape index (κ3) is 2.35. The van der Waals surface area contributed by atoms with Gasteiger partial charge in [0.2, 0.25) is 0 Å². The number of aliphatic hydroxyl groups excluding tert-OH is 3. The quantitative estimate of drug-likeness (QED) is 0.455. The lowest BCUT2D eigenvalue weighted by Gasteiger charge is -2.12. The van der Waals surface area contributed by atoms with Crippen LogP contribution in [0.3, 0.4) is 0 Å². The molecule has 0 aromatic carbocycles.